The number of piperidine rings is 1. The molecule has 0 aromatic carbocycles. The third-order valence-corrected chi connectivity index (χ3v) is 4.07. The molecule has 3 saturated heterocycles. The fraction of sp³-hybridized carbons (Fsp3) is 0.833. The summed E-state index contributed by atoms with van der Waals surface area (Å²) in [4.78, 5) is 27.9. The molecule has 3 aliphatic heterocycles. The number of piperazine rings is 1. The molecule has 3 rings (SSSR count). The highest BCUT2D eigenvalue weighted by molar-refractivity contribution is 5.84. The van der Waals surface area contributed by atoms with Gasteiger partial charge >= 0.3 is 6.03 Å². The maximum atomic E-state index is 12.4. The highest BCUT2D eigenvalue weighted by Gasteiger charge is 2.42. The number of nitrogens with one attached hydrogen (secondary N) is 1. The minimum atomic E-state index is 0.0862. The third-order valence-electron chi connectivity index (χ3n) is 4.07. The maximum absolute atomic E-state index is 12.4. The Morgan fingerprint density at radius 1 is 1.12 bits per heavy atom. The molecule has 2 unspecified atom stereocenters. The van der Waals surface area contributed by atoms with Crippen LogP contribution in [-0.4, -0.2) is 59.9 Å². The van der Waals surface area contributed by atoms with E-state index in [1.807, 2.05) is 9.80 Å². The molecule has 2 atom stereocenters. The zero-order valence-corrected chi connectivity index (χ0v) is 10.0. The first kappa shape index (κ1) is 11.0. The van der Waals surface area contributed by atoms with E-state index in [1.54, 1.807) is 0 Å². The molecule has 0 aromatic rings. The van der Waals surface area contributed by atoms with E-state index in [2.05, 4.69) is 5.32 Å². The van der Waals surface area contributed by atoms with E-state index < -0.39 is 0 Å². The normalized spacial score (nSPS) is 33.1. The Kier molecular flexibility index (Phi) is 2.78. The van der Waals surface area contributed by atoms with Crippen molar-refractivity contribution >= 4 is 11.8 Å². The maximum Gasteiger partial charge on any atom is 0.320 e. The molecule has 0 aromatic heterocycles. The summed E-state index contributed by atoms with van der Waals surface area (Å²) in [6, 6.07) is 0.331. The quantitative estimate of drug-likeness (QED) is 0.655. The molecule has 3 heterocycles. The second-order valence-electron chi connectivity index (χ2n) is 5.30. The monoisotopic (exact) mass is 237 g/mol. The summed E-state index contributed by atoms with van der Waals surface area (Å²) in [6.07, 6.45) is 3.30. The van der Waals surface area contributed by atoms with Gasteiger partial charge in [0.25, 0.3) is 0 Å². The van der Waals surface area contributed by atoms with Crippen molar-refractivity contribution in [1.29, 1.82) is 0 Å². The van der Waals surface area contributed by atoms with Crippen molar-refractivity contribution in [3.05, 3.63) is 0 Å². The Hall–Kier alpha value is -1.10. The summed E-state index contributed by atoms with van der Waals surface area (Å²) in [7, 11) is 0. The molecule has 1 N–H and O–H groups in total. The van der Waals surface area contributed by atoms with Gasteiger partial charge < -0.3 is 15.1 Å². The molecular weight excluding hydrogens is 218 g/mol. The SMILES string of the molecule is O=C1CC2CNCC(C1)N2C(=O)N1CCCC1. The molecule has 3 aliphatic rings. The third kappa shape index (κ3) is 1.92. The van der Waals surface area contributed by atoms with Gasteiger partial charge in [-0.25, -0.2) is 4.79 Å². The molecule has 5 nitrogen and oxygen atoms in total. The van der Waals surface area contributed by atoms with Gasteiger partial charge in [-0.1, -0.05) is 0 Å². The fourth-order valence-electron chi connectivity index (χ4n) is 3.25. The second-order valence-corrected chi connectivity index (χ2v) is 5.30. The van der Waals surface area contributed by atoms with Crippen LogP contribution in [0.4, 0.5) is 4.79 Å². The van der Waals surface area contributed by atoms with Gasteiger partial charge in [-0.15, -0.1) is 0 Å². The lowest BCUT2D eigenvalue weighted by Gasteiger charge is -2.46. The van der Waals surface area contributed by atoms with Gasteiger partial charge in [-0.3, -0.25) is 4.79 Å². The average Bonchev–Trinajstić information content (AvgIpc) is 2.80. The molecule has 17 heavy (non-hydrogen) atoms. The number of amides is 2. The zero-order valence-electron chi connectivity index (χ0n) is 10.0. The predicted octanol–water partition coefficient (Wildman–Crippen LogP) is 0.207. The molecular formula is C12H19N3O2. The number of likely N-dealkylation sites (tertiary alicyclic amines) is 1. The van der Waals surface area contributed by atoms with Crippen molar-refractivity contribution < 1.29 is 9.59 Å². The topological polar surface area (TPSA) is 52.7 Å². The minimum Gasteiger partial charge on any atom is -0.325 e. The van der Waals surface area contributed by atoms with Gasteiger partial charge in [0, 0.05) is 39.0 Å². The largest absolute Gasteiger partial charge is 0.325 e. The number of carbonyl (C=O) groups excluding carboxylic acids is 2. The summed E-state index contributed by atoms with van der Waals surface area (Å²) in [6.45, 7) is 3.30. The van der Waals surface area contributed by atoms with Crippen molar-refractivity contribution in [2.45, 2.75) is 37.8 Å². The Balaban J connectivity index is 1.76. The van der Waals surface area contributed by atoms with E-state index in [1.165, 1.54) is 0 Å². The van der Waals surface area contributed by atoms with Crippen LogP contribution < -0.4 is 5.32 Å². The Morgan fingerprint density at radius 3 is 2.29 bits per heavy atom. The summed E-state index contributed by atoms with van der Waals surface area (Å²) in [5.74, 6) is 0.312. The van der Waals surface area contributed by atoms with E-state index in [9.17, 15) is 9.59 Å². The number of fused-ring (bicyclic) bond motifs is 2. The minimum absolute atomic E-state index is 0.0862. The average molecular weight is 237 g/mol. The van der Waals surface area contributed by atoms with Crippen molar-refractivity contribution in [3.8, 4) is 0 Å². The zero-order chi connectivity index (χ0) is 11.8. The van der Waals surface area contributed by atoms with Crippen LogP contribution in [0.5, 0.6) is 0 Å². The van der Waals surface area contributed by atoms with Crippen molar-refractivity contribution in [2.75, 3.05) is 26.2 Å². The second kappa shape index (κ2) is 4.29. The molecule has 5 heteroatoms. The first-order chi connectivity index (χ1) is 8.25. The number of hydrogen-bond acceptors (Lipinski definition) is 3. The van der Waals surface area contributed by atoms with Crippen LogP contribution in [0.25, 0.3) is 0 Å². The molecule has 2 bridgehead atoms. The number of urea groups is 1. The smallest absolute Gasteiger partial charge is 0.320 e. The van der Waals surface area contributed by atoms with Crippen LogP contribution >= 0.6 is 0 Å². The van der Waals surface area contributed by atoms with Gasteiger partial charge in [0.1, 0.15) is 5.78 Å². The Morgan fingerprint density at radius 2 is 1.71 bits per heavy atom. The van der Waals surface area contributed by atoms with Crippen molar-refractivity contribution in [3.63, 3.8) is 0 Å². The van der Waals surface area contributed by atoms with Crippen LogP contribution in [0.2, 0.25) is 0 Å². The Labute approximate surface area is 101 Å². The van der Waals surface area contributed by atoms with E-state index >= 15 is 0 Å². The summed E-state index contributed by atoms with van der Waals surface area (Å²) >= 11 is 0. The fourth-order valence-corrected chi connectivity index (χ4v) is 3.25. The van der Waals surface area contributed by atoms with Crippen LogP contribution in [0.1, 0.15) is 25.7 Å². The molecule has 0 aliphatic carbocycles. The van der Waals surface area contributed by atoms with Gasteiger partial charge in [0.05, 0.1) is 12.1 Å². The molecule has 3 fully saturated rings. The standard InChI is InChI=1S/C12H19N3O2/c16-11-5-9-7-13-8-10(6-11)15(9)12(17)14-3-1-2-4-14/h9-10,13H,1-8H2. The molecule has 0 saturated carbocycles. The van der Waals surface area contributed by atoms with Crippen LogP contribution in [-0.2, 0) is 4.79 Å². The number of carbonyl (C=O) groups is 2. The number of rotatable bonds is 0. The van der Waals surface area contributed by atoms with Crippen LogP contribution in [0.3, 0.4) is 0 Å². The highest BCUT2D eigenvalue weighted by atomic mass is 16.2. The van der Waals surface area contributed by atoms with E-state index in [0.717, 1.165) is 39.0 Å². The first-order valence-corrected chi connectivity index (χ1v) is 6.55. The van der Waals surface area contributed by atoms with Crippen LogP contribution in [0.15, 0.2) is 0 Å². The summed E-state index contributed by atoms with van der Waals surface area (Å²) in [5, 5.41) is 3.32. The predicted molar refractivity (Wildman–Crippen MR) is 62.7 cm³/mol. The number of Topliss-reactive ketones (excluding diaryl/α,β-unsaturated/α-hetero) is 1. The first-order valence-electron chi connectivity index (χ1n) is 6.55. The van der Waals surface area contributed by atoms with Crippen molar-refractivity contribution in [2.24, 2.45) is 0 Å². The van der Waals surface area contributed by atoms with E-state index in [4.69, 9.17) is 0 Å². The molecule has 2 amide bonds. The van der Waals surface area contributed by atoms with Crippen LogP contribution in [0, 0.1) is 0 Å². The molecule has 0 radical (unpaired) electrons. The van der Waals surface area contributed by atoms with E-state index in [-0.39, 0.29) is 18.1 Å². The van der Waals surface area contributed by atoms with Gasteiger partial charge in [-0.05, 0) is 12.8 Å². The highest BCUT2D eigenvalue weighted by Crippen LogP contribution is 2.25. The van der Waals surface area contributed by atoms with Crippen molar-refractivity contribution in [1.82, 2.24) is 15.1 Å². The van der Waals surface area contributed by atoms with Gasteiger partial charge in [0.15, 0.2) is 0 Å². The number of hydrogen-bond donors (Lipinski definition) is 1. The summed E-state index contributed by atoms with van der Waals surface area (Å²) in [5.41, 5.74) is 0. The molecule has 94 valence electrons. The lowest BCUT2D eigenvalue weighted by Crippen LogP contribution is -2.65. The molecule has 0 spiro atoms. The van der Waals surface area contributed by atoms with E-state index in [0.29, 0.717) is 18.6 Å². The lowest BCUT2D eigenvalue weighted by molar-refractivity contribution is -0.125. The number of ketones is 1. The van der Waals surface area contributed by atoms with Gasteiger partial charge in [0.2, 0.25) is 0 Å². The lowest BCUT2D eigenvalue weighted by atomic mass is 9.91. The summed E-state index contributed by atoms with van der Waals surface area (Å²) < 4.78 is 0. The number of nitrogens with zero attached hydrogens (tertiary/aromatic N) is 2. The van der Waals surface area contributed by atoms with Gasteiger partial charge in [-0.2, -0.15) is 0 Å². The Bertz CT molecular complexity index is 323.